The average molecular weight is 416 g/mol. The summed E-state index contributed by atoms with van der Waals surface area (Å²) in [7, 11) is 0. The number of allylic oxidation sites excluding steroid dienone is 1. The van der Waals surface area contributed by atoms with Gasteiger partial charge in [-0.15, -0.1) is 0 Å². The van der Waals surface area contributed by atoms with Crippen molar-refractivity contribution in [2.75, 3.05) is 0 Å². The van der Waals surface area contributed by atoms with E-state index in [0.29, 0.717) is 11.6 Å². The monoisotopic (exact) mass is 416 g/mol. The third-order valence-corrected chi connectivity index (χ3v) is 6.51. The summed E-state index contributed by atoms with van der Waals surface area (Å²) in [6.45, 7) is 2.39. The molecule has 0 bridgehead atoms. The summed E-state index contributed by atoms with van der Waals surface area (Å²) >= 11 is 0. The molecule has 2 aliphatic carbocycles. The van der Waals surface area contributed by atoms with Crippen LogP contribution in [0.4, 0.5) is 22.0 Å². The lowest BCUT2D eigenvalue weighted by Gasteiger charge is -2.37. The van der Waals surface area contributed by atoms with E-state index in [-0.39, 0.29) is 18.8 Å². The second-order valence-corrected chi connectivity index (χ2v) is 8.72. The molecule has 2 aliphatic rings. The molecule has 0 atom stereocenters. The Morgan fingerprint density at radius 3 is 1.93 bits per heavy atom. The van der Waals surface area contributed by atoms with Crippen LogP contribution >= 0.6 is 0 Å². The number of benzene rings is 1. The molecular formula is C23H29F5O. The van der Waals surface area contributed by atoms with Crippen LogP contribution in [0.15, 0.2) is 18.2 Å². The van der Waals surface area contributed by atoms with Gasteiger partial charge in [0.15, 0.2) is 0 Å². The van der Waals surface area contributed by atoms with Crippen molar-refractivity contribution in [1.29, 1.82) is 0 Å². The van der Waals surface area contributed by atoms with E-state index >= 15 is 0 Å². The van der Waals surface area contributed by atoms with Crippen LogP contribution < -0.4 is 0 Å². The van der Waals surface area contributed by atoms with Gasteiger partial charge in [-0.2, -0.15) is 13.2 Å². The number of hydrogen-bond acceptors (Lipinski definition) is 1. The lowest BCUT2D eigenvalue weighted by atomic mass is 9.71. The summed E-state index contributed by atoms with van der Waals surface area (Å²) in [5.41, 5.74) is -0.388. The normalized spacial score (nSPS) is 28.8. The van der Waals surface area contributed by atoms with Crippen LogP contribution in [0.25, 0.3) is 6.08 Å². The van der Waals surface area contributed by atoms with Crippen molar-refractivity contribution < 1.29 is 26.7 Å². The molecule has 2 saturated carbocycles. The molecule has 1 aromatic carbocycles. The highest BCUT2D eigenvalue weighted by Gasteiger charge is 2.30. The van der Waals surface area contributed by atoms with Crippen molar-refractivity contribution in [1.82, 2.24) is 0 Å². The maximum Gasteiger partial charge on any atom is 0.409 e. The zero-order chi connectivity index (χ0) is 21.0. The second kappa shape index (κ2) is 9.59. The average Bonchev–Trinajstić information content (AvgIpc) is 2.66. The Morgan fingerprint density at radius 1 is 0.897 bits per heavy atom. The van der Waals surface area contributed by atoms with Gasteiger partial charge in [0.2, 0.25) is 0 Å². The summed E-state index contributed by atoms with van der Waals surface area (Å²) in [6.07, 6.45) is 5.18. The Morgan fingerprint density at radius 2 is 1.41 bits per heavy atom. The highest BCUT2D eigenvalue weighted by atomic mass is 19.4. The highest BCUT2D eigenvalue weighted by Crippen LogP contribution is 2.40. The maximum atomic E-state index is 14.0. The van der Waals surface area contributed by atoms with Gasteiger partial charge in [-0.05, 0) is 80.1 Å². The quantitative estimate of drug-likeness (QED) is 0.453. The lowest BCUT2D eigenvalue weighted by molar-refractivity contribution is -0.0790. The molecule has 162 valence electrons. The number of rotatable bonds is 5. The van der Waals surface area contributed by atoms with Crippen molar-refractivity contribution in [3.8, 4) is 0 Å². The molecule has 0 N–H and O–H groups in total. The first-order valence-electron chi connectivity index (χ1n) is 10.6. The van der Waals surface area contributed by atoms with Gasteiger partial charge in [0, 0.05) is 11.6 Å². The SMILES string of the molecule is CC1CCC(C2CCC(OCc3cc(F)c(/C=C/C(F)(F)F)c(F)c3)CC2)CC1. The first-order valence-corrected chi connectivity index (χ1v) is 10.6. The van der Waals surface area contributed by atoms with E-state index in [0.717, 1.165) is 55.6 Å². The molecule has 0 radical (unpaired) electrons. The van der Waals surface area contributed by atoms with Gasteiger partial charge in [-0.25, -0.2) is 8.78 Å². The van der Waals surface area contributed by atoms with Gasteiger partial charge < -0.3 is 4.74 Å². The van der Waals surface area contributed by atoms with Crippen LogP contribution in [0.1, 0.15) is 69.4 Å². The van der Waals surface area contributed by atoms with E-state index in [4.69, 9.17) is 4.74 Å². The van der Waals surface area contributed by atoms with Crippen molar-refractivity contribution in [3.05, 3.63) is 41.0 Å². The van der Waals surface area contributed by atoms with Gasteiger partial charge in [-0.1, -0.05) is 19.8 Å². The minimum atomic E-state index is -4.62. The molecule has 0 saturated heterocycles. The number of alkyl halides is 3. The van der Waals surface area contributed by atoms with Crippen LogP contribution in [0.5, 0.6) is 0 Å². The molecule has 2 fully saturated rings. The molecule has 0 aromatic heterocycles. The summed E-state index contributed by atoms with van der Waals surface area (Å²) in [5, 5.41) is 0. The van der Waals surface area contributed by atoms with E-state index in [2.05, 4.69) is 6.92 Å². The largest absolute Gasteiger partial charge is 0.409 e. The first kappa shape index (κ1) is 22.3. The van der Waals surface area contributed by atoms with E-state index in [1.54, 1.807) is 0 Å². The molecule has 29 heavy (non-hydrogen) atoms. The van der Waals surface area contributed by atoms with E-state index in [9.17, 15) is 22.0 Å². The predicted octanol–water partition coefficient (Wildman–Crippen LogP) is 7.44. The fraction of sp³-hybridized carbons (Fsp3) is 0.652. The number of hydrogen-bond donors (Lipinski definition) is 0. The van der Waals surface area contributed by atoms with E-state index in [1.807, 2.05) is 0 Å². The molecule has 0 spiro atoms. The number of ether oxygens (including phenoxy) is 1. The van der Waals surface area contributed by atoms with Gasteiger partial charge >= 0.3 is 6.18 Å². The standard InChI is InChI=1S/C23H29F5O/c1-15-2-4-17(5-3-15)18-6-8-19(9-7-18)29-14-16-12-21(24)20(22(25)13-16)10-11-23(26,27)28/h10-13,15,17-19H,2-9,14H2,1H3/b11-10+. The van der Waals surface area contributed by atoms with Crippen molar-refractivity contribution in [2.45, 2.75) is 77.2 Å². The first-order chi connectivity index (χ1) is 13.7. The fourth-order valence-corrected chi connectivity index (χ4v) is 4.76. The Balaban J connectivity index is 1.49. The lowest BCUT2D eigenvalue weighted by Crippen LogP contribution is -2.28. The van der Waals surface area contributed by atoms with E-state index < -0.39 is 23.4 Å². The summed E-state index contributed by atoms with van der Waals surface area (Å²) in [6, 6.07) is 2.10. The van der Waals surface area contributed by atoms with Crippen molar-refractivity contribution in [3.63, 3.8) is 0 Å². The van der Waals surface area contributed by atoms with Crippen LogP contribution in [0, 0.1) is 29.4 Å². The molecule has 1 aromatic rings. The molecule has 0 heterocycles. The number of halogens is 5. The third kappa shape index (κ3) is 6.53. The zero-order valence-electron chi connectivity index (χ0n) is 16.8. The molecule has 1 nitrogen and oxygen atoms in total. The summed E-state index contributed by atoms with van der Waals surface area (Å²) in [4.78, 5) is 0. The minimum Gasteiger partial charge on any atom is -0.374 e. The summed E-state index contributed by atoms with van der Waals surface area (Å²) < 4.78 is 70.6. The zero-order valence-corrected chi connectivity index (χ0v) is 16.8. The Labute approximate surface area is 169 Å². The molecule has 0 aliphatic heterocycles. The molecule has 0 unspecified atom stereocenters. The molecule has 3 rings (SSSR count). The van der Waals surface area contributed by atoms with Crippen LogP contribution in [0.2, 0.25) is 0 Å². The van der Waals surface area contributed by atoms with Gasteiger partial charge in [-0.3, -0.25) is 0 Å². The summed E-state index contributed by atoms with van der Waals surface area (Å²) in [5.74, 6) is 0.408. The van der Waals surface area contributed by atoms with Crippen LogP contribution in [-0.4, -0.2) is 12.3 Å². The van der Waals surface area contributed by atoms with Crippen molar-refractivity contribution >= 4 is 6.08 Å². The van der Waals surface area contributed by atoms with Crippen LogP contribution in [-0.2, 0) is 11.3 Å². The van der Waals surface area contributed by atoms with Gasteiger partial charge in [0.05, 0.1) is 12.7 Å². The second-order valence-electron chi connectivity index (χ2n) is 8.72. The Bertz CT molecular complexity index is 673. The topological polar surface area (TPSA) is 9.23 Å². The Kier molecular flexibility index (Phi) is 7.36. The predicted molar refractivity (Wildman–Crippen MR) is 103 cm³/mol. The van der Waals surface area contributed by atoms with E-state index in [1.165, 1.54) is 25.7 Å². The third-order valence-electron chi connectivity index (χ3n) is 6.51. The molecule has 6 heteroatoms. The Hall–Kier alpha value is -1.43. The smallest absolute Gasteiger partial charge is 0.374 e. The van der Waals surface area contributed by atoms with Gasteiger partial charge in [0.25, 0.3) is 0 Å². The highest BCUT2D eigenvalue weighted by molar-refractivity contribution is 5.52. The minimum absolute atomic E-state index is 0.0629. The fourth-order valence-electron chi connectivity index (χ4n) is 4.76. The van der Waals surface area contributed by atoms with Crippen LogP contribution in [0.3, 0.4) is 0 Å². The van der Waals surface area contributed by atoms with Gasteiger partial charge in [0.1, 0.15) is 11.6 Å². The molecular weight excluding hydrogens is 387 g/mol. The maximum absolute atomic E-state index is 14.0. The van der Waals surface area contributed by atoms with Crippen molar-refractivity contribution in [2.24, 2.45) is 17.8 Å². The molecule has 0 amide bonds.